The predicted molar refractivity (Wildman–Crippen MR) is 199 cm³/mol. The smallest absolute Gasteiger partial charge is 0.0314 e. The quantitative estimate of drug-likeness (QED) is 0.0865. The van der Waals surface area contributed by atoms with Gasteiger partial charge in [0.1, 0.15) is 0 Å². The molecule has 0 heterocycles. The van der Waals surface area contributed by atoms with E-state index in [-0.39, 0.29) is 0 Å². The molecule has 5 rings (SSSR count). The Balaban J connectivity index is 1.29. The Kier molecular flexibility index (Phi) is 12.1. The van der Waals surface area contributed by atoms with Gasteiger partial charge in [-0.05, 0) is 131 Å². The number of anilines is 2. The van der Waals surface area contributed by atoms with Gasteiger partial charge in [0.05, 0.1) is 0 Å². The zero-order valence-electron chi connectivity index (χ0n) is 28.0. The van der Waals surface area contributed by atoms with Crippen molar-refractivity contribution >= 4 is 11.4 Å². The first kappa shape index (κ1) is 33.1. The van der Waals surface area contributed by atoms with Gasteiger partial charge in [0.2, 0.25) is 0 Å². The lowest BCUT2D eigenvalue weighted by atomic mass is 9.91. The highest BCUT2D eigenvalue weighted by atomic mass is 14.5. The molecule has 0 aliphatic heterocycles. The maximum Gasteiger partial charge on any atom is 0.0314 e. The lowest BCUT2D eigenvalue weighted by Crippen LogP contribution is -2.01. The molecule has 0 bridgehead atoms. The van der Waals surface area contributed by atoms with Crippen LogP contribution in [0, 0.1) is 0 Å². The molecule has 2 heteroatoms. The van der Waals surface area contributed by atoms with Gasteiger partial charge in [-0.3, -0.25) is 0 Å². The van der Waals surface area contributed by atoms with Gasteiger partial charge in [0.15, 0.2) is 0 Å². The minimum Gasteiger partial charge on any atom is -0.399 e. The van der Waals surface area contributed by atoms with Crippen LogP contribution in [0.4, 0.5) is 11.4 Å². The fourth-order valence-corrected chi connectivity index (χ4v) is 6.48. The van der Waals surface area contributed by atoms with Crippen LogP contribution in [0.2, 0.25) is 0 Å². The van der Waals surface area contributed by atoms with E-state index >= 15 is 0 Å². The van der Waals surface area contributed by atoms with E-state index in [9.17, 15) is 0 Å². The highest BCUT2D eigenvalue weighted by Gasteiger charge is 2.10. The van der Waals surface area contributed by atoms with E-state index < -0.39 is 0 Å². The summed E-state index contributed by atoms with van der Waals surface area (Å²) in [5.74, 6) is 0. The van der Waals surface area contributed by atoms with Crippen molar-refractivity contribution in [2.24, 2.45) is 0 Å². The minimum absolute atomic E-state index is 0.820. The highest BCUT2D eigenvalue weighted by molar-refractivity contribution is 5.44. The molecule has 4 N–H and O–H groups in total. The van der Waals surface area contributed by atoms with Gasteiger partial charge in [-0.15, -0.1) is 0 Å². The zero-order valence-corrected chi connectivity index (χ0v) is 28.0. The fraction of sp³-hybridized carbons (Fsp3) is 0.318. The van der Waals surface area contributed by atoms with E-state index in [0.717, 1.165) is 49.9 Å². The van der Waals surface area contributed by atoms with Crippen LogP contribution in [0.15, 0.2) is 109 Å². The molecule has 0 saturated carbocycles. The molecule has 0 atom stereocenters. The van der Waals surface area contributed by atoms with Crippen molar-refractivity contribution in [3.05, 3.63) is 165 Å². The first-order valence-electron chi connectivity index (χ1n) is 17.5. The zero-order chi connectivity index (χ0) is 32.1. The summed E-state index contributed by atoms with van der Waals surface area (Å²) >= 11 is 0. The van der Waals surface area contributed by atoms with Crippen molar-refractivity contribution in [1.29, 1.82) is 0 Å². The van der Waals surface area contributed by atoms with Crippen molar-refractivity contribution in [3.8, 4) is 0 Å². The maximum atomic E-state index is 5.91. The van der Waals surface area contributed by atoms with Crippen LogP contribution in [0.25, 0.3) is 0 Å². The molecule has 46 heavy (non-hydrogen) atoms. The first-order valence-corrected chi connectivity index (χ1v) is 17.5. The minimum atomic E-state index is 0.820. The van der Waals surface area contributed by atoms with Crippen LogP contribution in [0.3, 0.4) is 0 Å². The van der Waals surface area contributed by atoms with E-state index in [4.69, 9.17) is 11.5 Å². The summed E-state index contributed by atoms with van der Waals surface area (Å²) in [4.78, 5) is 0. The van der Waals surface area contributed by atoms with Crippen molar-refractivity contribution in [3.63, 3.8) is 0 Å². The standard InChI is InChI=1S/C44H52N2/c1-3-5-7-9-39-31-37(27-33-17-23-43(45)24-18-33)15-21-41(39)29-35-11-13-36(14-12-35)30-42-22-16-38(32-40(42)10-8-6-4-2)28-34-19-25-44(46)26-20-34/h11-26,31-32H,3-10,27-30,45-46H2,1-2H3. The number of nitrogen functional groups attached to an aromatic ring is 2. The molecule has 0 amide bonds. The van der Waals surface area contributed by atoms with Crippen molar-refractivity contribution in [1.82, 2.24) is 0 Å². The normalized spacial score (nSPS) is 11.2. The molecule has 0 spiro atoms. The second-order valence-corrected chi connectivity index (χ2v) is 13.1. The number of unbranched alkanes of at least 4 members (excludes halogenated alkanes) is 4. The van der Waals surface area contributed by atoms with Gasteiger partial charge in [0.25, 0.3) is 0 Å². The number of hydrogen-bond acceptors (Lipinski definition) is 2. The lowest BCUT2D eigenvalue weighted by Gasteiger charge is -2.14. The molecule has 0 saturated heterocycles. The van der Waals surface area contributed by atoms with Gasteiger partial charge in [-0.25, -0.2) is 0 Å². The second-order valence-electron chi connectivity index (χ2n) is 13.1. The summed E-state index contributed by atoms with van der Waals surface area (Å²) in [6.45, 7) is 4.56. The largest absolute Gasteiger partial charge is 0.399 e. The van der Waals surface area contributed by atoms with Crippen molar-refractivity contribution in [2.45, 2.75) is 90.9 Å². The molecular weight excluding hydrogens is 556 g/mol. The Morgan fingerprint density at radius 3 is 1.04 bits per heavy atom. The average molecular weight is 609 g/mol. The van der Waals surface area contributed by atoms with Crippen LogP contribution >= 0.6 is 0 Å². The average Bonchev–Trinajstić information content (AvgIpc) is 3.06. The number of aryl methyl sites for hydroxylation is 2. The number of benzene rings is 5. The Labute approximate surface area is 277 Å². The molecule has 0 aromatic heterocycles. The van der Waals surface area contributed by atoms with Gasteiger partial charge in [-0.1, -0.05) is 124 Å². The molecule has 238 valence electrons. The topological polar surface area (TPSA) is 52.0 Å². The Morgan fingerprint density at radius 2 is 0.674 bits per heavy atom. The van der Waals surface area contributed by atoms with E-state index in [1.165, 1.54) is 94.2 Å². The van der Waals surface area contributed by atoms with Gasteiger partial charge in [0, 0.05) is 11.4 Å². The third-order valence-corrected chi connectivity index (χ3v) is 9.23. The molecule has 5 aromatic rings. The monoisotopic (exact) mass is 608 g/mol. The van der Waals surface area contributed by atoms with Gasteiger partial charge < -0.3 is 11.5 Å². The molecular formula is C44H52N2. The molecule has 0 fully saturated rings. The van der Waals surface area contributed by atoms with E-state index in [2.05, 4.69) is 98.8 Å². The summed E-state index contributed by atoms with van der Waals surface area (Å²) in [5, 5.41) is 0. The maximum absolute atomic E-state index is 5.91. The summed E-state index contributed by atoms with van der Waals surface area (Å²) < 4.78 is 0. The first-order chi connectivity index (χ1) is 22.5. The number of hydrogen-bond donors (Lipinski definition) is 2. The fourth-order valence-electron chi connectivity index (χ4n) is 6.48. The number of rotatable bonds is 16. The number of nitrogens with two attached hydrogens (primary N) is 2. The predicted octanol–water partition coefficient (Wildman–Crippen LogP) is 10.7. The highest BCUT2D eigenvalue weighted by Crippen LogP contribution is 2.24. The third-order valence-electron chi connectivity index (χ3n) is 9.23. The van der Waals surface area contributed by atoms with Gasteiger partial charge in [-0.2, -0.15) is 0 Å². The molecule has 0 unspecified atom stereocenters. The van der Waals surface area contributed by atoms with Crippen LogP contribution in [0.5, 0.6) is 0 Å². The summed E-state index contributed by atoms with van der Waals surface area (Å²) in [5.41, 5.74) is 27.5. The van der Waals surface area contributed by atoms with Crippen LogP contribution in [0.1, 0.15) is 108 Å². The molecule has 2 nitrogen and oxygen atoms in total. The molecule has 0 aliphatic rings. The van der Waals surface area contributed by atoms with Crippen molar-refractivity contribution in [2.75, 3.05) is 11.5 Å². The second kappa shape index (κ2) is 16.9. The SMILES string of the molecule is CCCCCc1cc(Cc2ccc(N)cc2)ccc1Cc1ccc(Cc2ccc(Cc3ccc(N)cc3)cc2CCCCC)cc1. The summed E-state index contributed by atoms with van der Waals surface area (Å²) in [6.07, 6.45) is 13.7. The molecule has 0 aliphatic carbocycles. The van der Waals surface area contributed by atoms with Crippen LogP contribution < -0.4 is 11.5 Å². The summed E-state index contributed by atoms with van der Waals surface area (Å²) in [7, 11) is 0. The molecule has 5 aromatic carbocycles. The van der Waals surface area contributed by atoms with E-state index in [1.807, 2.05) is 24.3 Å². The van der Waals surface area contributed by atoms with E-state index in [1.54, 1.807) is 0 Å². The van der Waals surface area contributed by atoms with Crippen LogP contribution in [-0.2, 0) is 38.5 Å². The summed E-state index contributed by atoms with van der Waals surface area (Å²) in [6, 6.07) is 40.3. The van der Waals surface area contributed by atoms with Crippen molar-refractivity contribution < 1.29 is 0 Å². The Morgan fingerprint density at radius 1 is 0.348 bits per heavy atom. The lowest BCUT2D eigenvalue weighted by molar-refractivity contribution is 0.713. The third kappa shape index (κ3) is 9.85. The Bertz CT molecular complexity index is 1520. The molecule has 0 radical (unpaired) electrons. The Hall–Kier alpha value is -4.30. The van der Waals surface area contributed by atoms with Crippen LogP contribution in [-0.4, -0.2) is 0 Å². The van der Waals surface area contributed by atoms with Gasteiger partial charge >= 0.3 is 0 Å². The van der Waals surface area contributed by atoms with E-state index in [0.29, 0.717) is 0 Å².